The first-order valence-electron chi connectivity index (χ1n) is 10.4. The van der Waals surface area contributed by atoms with E-state index in [2.05, 4.69) is 22.4 Å². The lowest BCUT2D eigenvalue weighted by Crippen LogP contribution is -2.23. The molecule has 7 nitrogen and oxygen atoms in total. The fourth-order valence-electron chi connectivity index (χ4n) is 3.49. The van der Waals surface area contributed by atoms with E-state index >= 15 is 0 Å². The van der Waals surface area contributed by atoms with Crippen LogP contribution >= 0.6 is 11.8 Å². The molecule has 0 unspecified atom stereocenters. The van der Waals surface area contributed by atoms with E-state index in [1.54, 1.807) is 4.57 Å². The summed E-state index contributed by atoms with van der Waals surface area (Å²) < 4.78 is 3.55. The third kappa shape index (κ3) is 4.20. The molecule has 0 bridgehead atoms. The molecule has 160 valence electrons. The van der Waals surface area contributed by atoms with Crippen LogP contribution in [0, 0.1) is 13.8 Å². The standard InChI is InChI=1S/C23H25N5O2S/c1-4-5-12-27-21(30)18-8-6-7-9-19(18)28-22(27)25-26-23(28)31-14-20(29)24-17-11-10-15(2)16(3)13-17/h6-11,13H,4-5,12,14H2,1-3H3,(H,24,29). The number of rotatable bonds is 7. The van der Waals surface area contributed by atoms with Gasteiger partial charge in [-0.1, -0.05) is 43.3 Å². The zero-order valence-corrected chi connectivity index (χ0v) is 18.7. The van der Waals surface area contributed by atoms with Crippen molar-refractivity contribution in [3.63, 3.8) is 0 Å². The number of unbranched alkanes of at least 4 members (excludes halogenated alkanes) is 1. The van der Waals surface area contributed by atoms with Gasteiger partial charge in [0.2, 0.25) is 11.7 Å². The van der Waals surface area contributed by atoms with Gasteiger partial charge in [-0.25, -0.2) is 0 Å². The van der Waals surface area contributed by atoms with Crippen LogP contribution < -0.4 is 10.9 Å². The van der Waals surface area contributed by atoms with Gasteiger partial charge in [0, 0.05) is 12.2 Å². The smallest absolute Gasteiger partial charge is 0.262 e. The van der Waals surface area contributed by atoms with Gasteiger partial charge in [0.25, 0.3) is 5.56 Å². The Kier molecular flexibility index (Phi) is 6.08. The summed E-state index contributed by atoms with van der Waals surface area (Å²) in [5.41, 5.74) is 3.78. The molecule has 2 aromatic carbocycles. The van der Waals surface area contributed by atoms with E-state index in [1.807, 2.05) is 60.7 Å². The molecule has 0 fully saturated rings. The Balaban J connectivity index is 1.63. The Morgan fingerprint density at radius 3 is 2.68 bits per heavy atom. The third-order valence-electron chi connectivity index (χ3n) is 5.34. The molecule has 0 saturated heterocycles. The number of nitrogens with one attached hydrogen (secondary N) is 1. The maximum atomic E-state index is 13.0. The van der Waals surface area contributed by atoms with Crippen LogP contribution in [-0.4, -0.2) is 30.8 Å². The van der Waals surface area contributed by atoms with E-state index in [1.165, 1.54) is 17.3 Å². The number of anilines is 1. The second-order valence-corrected chi connectivity index (χ2v) is 8.52. The number of amides is 1. The van der Waals surface area contributed by atoms with Crippen molar-refractivity contribution in [2.24, 2.45) is 0 Å². The van der Waals surface area contributed by atoms with Gasteiger partial charge in [-0.2, -0.15) is 0 Å². The Hall–Kier alpha value is -3.13. The Morgan fingerprint density at radius 2 is 1.90 bits per heavy atom. The molecule has 0 saturated carbocycles. The number of carbonyl (C=O) groups excluding carboxylic acids is 1. The van der Waals surface area contributed by atoms with Crippen molar-refractivity contribution in [3.05, 3.63) is 63.9 Å². The molecule has 1 N–H and O–H groups in total. The summed E-state index contributed by atoms with van der Waals surface area (Å²) in [6, 6.07) is 13.3. The van der Waals surface area contributed by atoms with E-state index in [0.717, 1.165) is 29.6 Å². The summed E-state index contributed by atoms with van der Waals surface area (Å²) in [5, 5.41) is 12.7. The maximum absolute atomic E-state index is 13.0. The van der Waals surface area contributed by atoms with E-state index < -0.39 is 0 Å². The van der Waals surface area contributed by atoms with E-state index in [-0.39, 0.29) is 17.2 Å². The number of nitrogens with zero attached hydrogens (tertiary/aromatic N) is 4. The van der Waals surface area contributed by atoms with Crippen molar-refractivity contribution >= 4 is 40.0 Å². The van der Waals surface area contributed by atoms with Crippen molar-refractivity contribution in [3.8, 4) is 0 Å². The number of aryl methyl sites for hydroxylation is 3. The van der Waals surface area contributed by atoms with Gasteiger partial charge >= 0.3 is 0 Å². The van der Waals surface area contributed by atoms with Gasteiger partial charge in [-0.15, -0.1) is 10.2 Å². The molecule has 31 heavy (non-hydrogen) atoms. The van der Waals surface area contributed by atoms with E-state index in [4.69, 9.17) is 0 Å². The monoisotopic (exact) mass is 435 g/mol. The Labute approximate surface area is 184 Å². The summed E-state index contributed by atoms with van der Waals surface area (Å²) in [6.45, 7) is 6.73. The highest BCUT2D eigenvalue weighted by atomic mass is 32.2. The second kappa shape index (κ2) is 8.93. The molecule has 1 amide bonds. The van der Waals surface area contributed by atoms with Gasteiger partial charge in [0.1, 0.15) is 0 Å². The molecule has 2 aromatic heterocycles. The predicted octanol–water partition coefficient (Wildman–Crippen LogP) is 4.19. The summed E-state index contributed by atoms with van der Waals surface area (Å²) in [6.07, 6.45) is 1.85. The summed E-state index contributed by atoms with van der Waals surface area (Å²) >= 11 is 1.31. The zero-order chi connectivity index (χ0) is 22.0. The molecule has 0 aliphatic rings. The van der Waals surface area contributed by atoms with Crippen molar-refractivity contribution < 1.29 is 4.79 Å². The van der Waals surface area contributed by atoms with Crippen molar-refractivity contribution in [2.75, 3.05) is 11.1 Å². The first-order valence-corrected chi connectivity index (χ1v) is 11.3. The summed E-state index contributed by atoms with van der Waals surface area (Å²) in [7, 11) is 0. The van der Waals surface area contributed by atoms with Crippen LogP contribution in [0.1, 0.15) is 30.9 Å². The average Bonchev–Trinajstić information content (AvgIpc) is 3.19. The van der Waals surface area contributed by atoms with Gasteiger partial charge in [0.05, 0.1) is 16.7 Å². The van der Waals surface area contributed by atoms with Crippen LogP contribution in [0.3, 0.4) is 0 Å². The summed E-state index contributed by atoms with van der Waals surface area (Å²) in [5.74, 6) is 0.582. The van der Waals surface area contributed by atoms with E-state index in [0.29, 0.717) is 22.9 Å². The molecule has 2 heterocycles. The van der Waals surface area contributed by atoms with Crippen LogP contribution in [0.15, 0.2) is 52.4 Å². The van der Waals surface area contributed by atoms with Crippen LogP contribution in [0.2, 0.25) is 0 Å². The van der Waals surface area contributed by atoms with Crippen LogP contribution in [0.5, 0.6) is 0 Å². The van der Waals surface area contributed by atoms with Gasteiger partial charge in [-0.3, -0.25) is 18.6 Å². The minimum absolute atomic E-state index is 0.0621. The van der Waals surface area contributed by atoms with Gasteiger partial charge < -0.3 is 5.32 Å². The SMILES string of the molecule is CCCCn1c(=O)c2ccccc2n2c(SCC(=O)Nc3ccc(C)c(C)c3)nnc12. The lowest BCUT2D eigenvalue weighted by molar-refractivity contribution is -0.113. The molecule has 4 aromatic rings. The number of fused-ring (bicyclic) bond motifs is 3. The molecule has 0 radical (unpaired) electrons. The molecular formula is C23H25N5O2S. The number of hydrogen-bond donors (Lipinski definition) is 1. The molecule has 4 rings (SSSR count). The Morgan fingerprint density at radius 1 is 1.10 bits per heavy atom. The first kappa shape index (κ1) is 21.1. The highest BCUT2D eigenvalue weighted by Crippen LogP contribution is 2.22. The second-order valence-electron chi connectivity index (χ2n) is 7.58. The fourth-order valence-corrected chi connectivity index (χ4v) is 4.23. The molecule has 0 aliphatic heterocycles. The Bertz CT molecular complexity index is 1330. The quantitative estimate of drug-likeness (QED) is 0.440. The maximum Gasteiger partial charge on any atom is 0.262 e. The molecular weight excluding hydrogens is 410 g/mol. The fraction of sp³-hybridized carbons (Fsp3) is 0.304. The highest BCUT2D eigenvalue weighted by Gasteiger charge is 2.17. The van der Waals surface area contributed by atoms with E-state index in [9.17, 15) is 9.59 Å². The minimum atomic E-state index is -0.117. The number of thioether (sulfide) groups is 1. The predicted molar refractivity (Wildman–Crippen MR) is 125 cm³/mol. The van der Waals surface area contributed by atoms with Gasteiger partial charge in [0.15, 0.2) is 5.16 Å². The van der Waals surface area contributed by atoms with Crippen molar-refractivity contribution in [1.82, 2.24) is 19.2 Å². The summed E-state index contributed by atoms with van der Waals surface area (Å²) in [4.78, 5) is 25.5. The third-order valence-corrected chi connectivity index (χ3v) is 6.27. The topological polar surface area (TPSA) is 81.3 Å². The first-order chi connectivity index (χ1) is 15.0. The van der Waals surface area contributed by atoms with Crippen LogP contribution in [0.4, 0.5) is 5.69 Å². The number of aromatic nitrogens is 4. The number of hydrogen-bond acceptors (Lipinski definition) is 5. The zero-order valence-electron chi connectivity index (χ0n) is 17.9. The minimum Gasteiger partial charge on any atom is -0.325 e. The number of carbonyl (C=O) groups is 1. The molecule has 0 spiro atoms. The largest absolute Gasteiger partial charge is 0.325 e. The van der Waals surface area contributed by atoms with Gasteiger partial charge in [-0.05, 0) is 55.7 Å². The van der Waals surface area contributed by atoms with Crippen LogP contribution in [0.25, 0.3) is 16.7 Å². The average molecular weight is 436 g/mol. The number of para-hydroxylation sites is 1. The van der Waals surface area contributed by atoms with Crippen molar-refractivity contribution in [1.29, 1.82) is 0 Å². The van der Waals surface area contributed by atoms with Crippen LogP contribution in [-0.2, 0) is 11.3 Å². The molecule has 0 aliphatic carbocycles. The number of benzene rings is 2. The van der Waals surface area contributed by atoms with Crippen molar-refractivity contribution in [2.45, 2.75) is 45.3 Å². The lowest BCUT2D eigenvalue weighted by atomic mass is 10.1. The lowest BCUT2D eigenvalue weighted by Gasteiger charge is -2.11. The highest BCUT2D eigenvalue weighted by molar-refractivity contribution is 7.99. The molecule has 0 atom stereocenters. The molecule has 8 heteroatoms. The normalized spacial score (nSPS) is 11.3.